The van der Waals surface area contributed by atoms with Crippen molar-refractivity contribution in [3.8, 4) is 0 Å². The molecule has 1 aliphatic carbocycles. The van der Waals surface area contributed by atoms with Crippen molar-refractivity contribution in [3.63, 3.8) is 0 Å². The Hall–Kier alpha value is -0.510. The SMILES string of the molecule is Brc1coc(NC2CC2)n1. The summed E-state index contributed by atoms with van der Waals surface area (Å²) in [5, 5.41) is 3.13. The maximum atomic E-state index is 5.05. The zero-order chi connectivity index (χ0) is 6.97. The maximum Gasteiger partial charge on any atom is 0.295 e. The summed E-state index contributed by atoms with van der Waals surface area (Å²) in [5.74, 6) is 0. The largest absolute Gasteiger partial charge is 0.431 e. The molecule has 0 atom stereocenters. The number of hydrogen-bond donors (Lipinski definition) is 1. The third-order valence-corrected chi connectivity index (χ3v) is 1.75. The van der Waals surface area contributed by atoms with E-state index in [0.717, 1.165) is 4.60 Å². The number of halogens is 1. The molecule has 0 spiro atoms. The lowest BCUT2D eigenvalue weighted by Gasteiger charge is -1.93. The minimum absolute atomic E-state index is 0.602. The fraction of sp³-hybridized carbons (Fsp3) is 0.500. The molecule has 3 nitrogen and oxygen atoms in total. The number of rotatable bonds is 2. The quantitative estimate of drug-likeness (QED) is 0.798. The minimum Gasteiger partial charge on any atom is -0.431 e. The molecule has 1 N–H and O–H groups in total. The van der Waals surface area contributed by atoms with E-state index in [2.05, 4.69) is 26.2 Å². The number of nitrogens with zero attached hydrogens (tertiary/aromatic N) is 1. The monoisotopic (exact) mass is 202 g/mol. The highest BCUT2D eigenvalue weighted by Gasteiger charge is 2.22. The molecule has 2 rings (SSSR count). The molecule has 0 amide bonds. The lowest BCUT2D eigenvalue weighted by atomic mass is 10.7. The summed E-state index contributed by atoms with van der Waals surface area (Å²) in [7, 11) is 0. The summed E-state index contributed by atoms with van der Waals surface area (Å²) >= 11 is 3.20. The molecule has 0 radical (unpaired) electrons. The summed E-state index contributed by atoms with van der Waals surface area (Å²) in [5.41, 5.74) is 0. The average Bonchev–Trinajstić information content (AvgIpc) is 2.59. The van der Waals surface area contributed by atoms with E-state index >= 15 is 0 Å². The zero-order valence-electron chi connectivity index (χ0n) is 5.30. The highest BCUT2D eigenvalue weighted by molar-refractivity contribution is 9.10. The van der Waals surface area contributed by atoms with E-state index in [1.165, 1.54) is 12.8 Å². The zero-order valence-corrected chi connectivity index (χ0v) is 6.89. The molecule has 0 bridgehead atoms. The summed E-state index contributed by atoms with van der Waals surface area (Å²) < 4.78 is 5.79. The molecule has 4 heteroatoms. The molecule has 1 aliphatic rings. The van der Waals surface area contributed by atoms with Crippen molar-refractivity contribution in [1.82, 2.24) is 4.98 Å². The summed E-state index contributed by atoms with van der Waals surface area (Å²) in [6.07, 6.45) is 4.05. The number of anilines is 1. The molecule has 54 valence electrons. The molecule has 1 aromatic rings. The standard InChI is InChI=1S/C6H7BrN2O/c7-5-3-10-6(9-5)8-4-1-2-4/h3-4H,1-2H2,(H,8,9). The van der Waals surface area contributed by atoms with Crippen LogP contribution in [0.4, 0.5) is 6.01 Å². The van der Waals surface area contributed by atoms with Crippen LogP contribution in [0.25, 0.3) is 0 Å². The molecule has 1 aromatic heterocycles. The van der Waals surface area contributed by atoms with Crippen molar-refractivity contribution >= 4 is 21.9 Å². The number of nitrogens with one attached hydrogen (secondary N) is 1. The molecule has 1 fully saturated rings. The third kappa shape index (κ3) is 1.31. The topological polar surface area (TPSA) is 38.1 Å². The highest BCUT2D eigenvalue weighted by Crippen LogP contribution is 2.24. The summed E-state index contributed by atoms with van der Waals surface area (Å²) in [6, 6.07) is 1.22. The second-order valence-corrected chi connectivity index (χ2v) is 3.21. The Morgan fingerprint density at radius 1 is 1.70 bits per heavy atom. The van der Waals surface area contributed by atoms with Crippen molar-refractivity contribution in [2.24, 2.45) is 0 Å². The van der Waals surface area contributed by atoms with Crippen LogP contribution >= 0.6 is 15.9 Å². The van der Waals surface area contributed by atoms with Crippen LogP contribution in [0.3, 0.4) is 0 Å². The van der Waals surface area contributed by atoms with Gasteiger partial charge in [-0.25, -0.2) is 0 Å². The van der Waals surface area contributed by atoms with E-state index < -0.39 is 0 Å². The predicted molar refractivity (Wildman–Crippen MR) is 40.8 cm³/mol. The van der Waals surface area contributed by atoms with Gasteiger partial charge >= 0.3 is 0 Å². The Kier molecular flexibility index (Phi) is 1.41. The van der Waals surface area contributed by atoms with Gasteiger partial charge in [-0.15, -0.1) is 0 Å². The predicted octanol–water partition coefficient (Wildman–Crippen LogP) is 2.01. The normalized spacial score (nSPS) is 17.3. The first-order valence-electron chi connectivity index (χ1n) is 3.22. The van der Waals surface area contributed by atoms with E-state index in [-0.39, 0.29) is 0 Å². The molecule has 0 aromatic carbocycles. The van der Waals surface area contributed by atoms with Gasteiger partial charge in [0, 0.05) is 6.04 Å². The van der Waals surface area contributed by atoms with Gasteiger partial charge in [0.1, 0.15) is 10.9 Å². The van der Waals surface area contributed by atoms with Crippen molar-refractivity contribution in [1.29, 1.82) is 0 Å². The van der Waals surface area contributed by atoms with Crippen LogP contribution in [0.1, 0.15) is 12.8 Å². The van der Waals surface area contributed by atoms with E-state index in [4.69, 9.17) is 4.42 Å². The van der Waals surface area contributed by atoms with Gasteiger partial charge in [-0.3, -0.25) is 0 Å². The van der Waals surface area contributed by atoms with E-state index in [1.54, 1.807) is 6.26 Å². The van der Waals surface area contributed by atoms with Gasteiger partial charge in [0.05, 0.1) is 0 Å². The average molecular weight is 203 g/mol. The number of aromatic nitrogens is 1. The van der Waals surface area contributed by atoms with Crippen LogP contribution < -0.4 is 5.32 Å². The summed E-state index contributed by atoms with van der Waals surface area (Å²) in [4.78, 5) is 4.03. The Bertz CT molecular complexity index is 231. The fourth-order valence-corrected chi connectivity index (χ4v) is 0.977. The second-order valence-electron chi connectivity index (χ2n) is 2.39. The highest BCUT2D eigenvalue weighted by atomic mass is 79.9. The summed E-state index contributed by atoms with van der Waals surface area (Å²) in [6.45, 7) is 0. The molecule has 1 saturated carbocycles. The van der Waals surface area contributed by atoms with Crippen LogP contribution in [-0.2, 0) is 0 Å². The van der Waals surface area contributed by atoms with Gasteiger partial charge in [-0.05, 0) is 28.8 Å². The minimum atomic E-state index is 0.602. The van der Waals surface area contributed by atoms with Crippen molar-refractivity contribution in [3.05, 3.63) is 10.9 Å². The molecule has 0 unspecified atom stereocenters. The van der Waals surface area contributed by atoms with E-state index in [1.807, 2.05) is 0 Å². The first kappa shape index (κ1) is 6.22. The van der Waals surface area contributed by atoms with Gasteiger partial charge in [0.15, 0.2) is 0 Å². The van der Waals surface area contributed by atoms with Gasteiger partial charge in [-0.2, -0.15) is 4.98 Å². The molecular formula is C6H7BrN2O. The first-order valence-corrected chi connectivity index (χ1v) is 4.01. The fourth-order valence-electron chi connectivity index (χ4n) is 0.723. The Morgan fingerprint density at radius 2 is 2.50 bits per heavy atom. The van der Waals surface area contributed by atoms with Crippen molar-refractivity contribution < 1.29 is 4.42 Å². The van der Waals surface area contributed by atoms with Gasteiger partial charge < -0.3 is 9.73 Å². The van der Waals surface area contributed by atoms with Crippen LogP contribution in [-0.4, -0.2) is 11.0 Å². The van der Waals surface area contributed by atoms with E-state index in [0.29, 0.717) is 12.1 Å². The molecule has 0 saturated heterocycles. The van der Waals surface area contributed by atoms with Crippen LogP contribution in [0.2, 0.25) is 0 Å². The van der Waals surface area contributed by atoms with Gasteiger partial charge in [0.2, 0.25) is 0 Å². The molecular weight excluding hydrogens is 196 g/mol. The number of oxazole rings is 1. The van der Waals surface area contributed by atoms with Crippen molar-refractivity contribution in [2.45, 2.75) is 18.9 Å². The van der Waals surface area contributed by atoms with Crippen LogP contribution in [0.5, 0.6) is 0 Å². The van der Waals surface area contributed by atoms with Gasteiger partial charge in [-0.1, -0.05) is 0 Å². The molecule has 10 heavy (non-hydrogen) atoms. The second kappa shape index (κ2) is 2.27. The van der Waals surface area contributed by atoms with Gasteiger partial charge in [0.25, 0.3) is 6.01 Å². The van der Waals surface area contributed by atoms with Crippen LogP contribution in [0, 0.1) is 0 Å². The molecule has 1 heterocycles. The molecule has 0 aliphatic heterocycles. The van der Waals surface area contributed by atoms with Crippen LogP contribution in [0.15, 0.2) is 15.3 Å². The maximum absolute atomic E-state index is 5.05. The Labute approximate surface area is 67.0 Å². The van der Waals surface area contributed by atoms with E-state index in [9.17, 15) is 0 Å². The Balaban J connectivity index is 2.03. The Morgan fingerprint density at radius 3 is 3.00 bits per heavy atom. The lowest BCUT2D eigenvalue weighted by Crippen LogP contribution is -2.00. The van der Waals surface area contributed by atoms with Crippen molar-refractivity contribution in [2.75, 3.05) is 5.32 Å². The smallest absolute Gasteiger partial charge is 0.295 e. The number of hydrogen-bond acceptors (Lipinski definition) is 3. The lowest BCUT2D eigenvalue weighted by molar-refractivity contribution is 0.570. The third-order valence-electron chi connectivity index (χ3n) is 1.38. The first-order chi connectivity index (χ1) is 4.84.